The van der Waals surface area contributed by atoms with Gasteiger partial charge in [-0.15, -0.1) is 0 Å². The highest BCUT2D eigenvalue weighted by Gasteiger charge is 2.12. The summed E-state index contributed by atoms with van der Waals surface area (Å²) >= 11 is 3.35. The minimum Gasteiger partial charge on any atom is -0.422 e. The summed E-state index contributed by atoms with van der Waals surface area (Å²) in [5.41, 5.74) is 2.05. The first-order valence-corrected chi connectivity index (χ1v) is 9.35. The number of rotatable bonds is 4. The van der Waals surface area contributed by atoms with Gasteiger partial charge in [0.15, 0.2) is 9.84 Å². The molecule has 0 aliphatic heterocycles. The van der Waals surface area contributed by atoms with Gasteiger partial charge in [0.1, 0.15) is 5.75 Å². The summed E-state index contributed by atoms with van der Waals surface area (Å²) in [6, 6.07) is 11.8. The van der Waals surface area contributed by atoms with E-state index >= 15 is 0 Å². The van der Waals surface area contributed by atoms with E-state index in [9.17, 15) is 13.2 Å². The van der Waals surface area contributed by atoms with Gasteiger partial charge < -0.3 is 4.74 Å². The maximum Gasteiger partial charge on any atom is 0.343 e. The fourth-order valence-corrected chi connectivity index (χ4v) is 3.26. The molecule has 0 atom stereocenters. The van der Waals surface area contributed by atoms with E-state index in [1.807, 2.05) is 19.1 Å². The fraction of sp³-hybridized carbons (Fsp3) is 0.188. The minimum absolute atomic E-state index is 0.0498. The van der Waals surface area contributed by atoms with Gasteiger partial charge in [-0.1, -0.05) is 18.2 Å². The molecule has 0 aliphatic rings. The first-order valence-electron chi connectivity index (χ1n) is 6.49. The van der Waals surface area contributed by atoms with Crippen molar-refractivity contribution in [1.82, 2.24) is 0 Å². The average Bonchev–Trinajstić information content (AvgIpc) is 2.41. The molecule has 2 aromatic rings. The number of halogens is 1. The lowest BCUT2D eigenvalue weighted by molar-refractivity contribution is 0.0733. The van der Waals surface area contributed by atoms with Crippen molar-refractivity contribution in [2.45, 2.75) is 12.7 Å². The molecule has 0 aliphatic carbocycles. The molecule has 0 fully saturated rings. The molecule has 6 heteroatoms. The van der Waals surface area contributed by atoms with Gasteiger partial charge >= 0.3 is 5.97 Å². The molecule has 0 N–H and O–H groups in total. The molecule has 4 nitrogen and oxygen atoms in total. The normalized spacial score (nSPS) is 11.2. The highest BCUT2D eigenvalue weighted by Crippen LogP contribution is 2.26. The summed E-state index contributed by atoms with van der Waals surface area (Å²) in [7, 11) is -3.09. The van der Waals surface area contributed by atoms with Gasteiger partial charge in [0.25, 0.3) is 0 Å². The van der Waals surface area contributed by atoms with Gasteiger partial charge in [0.2, 0.25) is 0 Å². The van der Waals surface area contributed by atoms with Crippen LogP contribution in [-0.2, 0) is 15.6 Å². The van der Waals surface area contributed by atoms with Crippen LogP contribution in [0.25, 0.3) is 0 Å². The zero-order chi connectivity index (χ0) is 16.3. The van der Waals surface area contributed by atoms with Crippen LogP contribution in [0.1, 0.15) is 21.5 Å². The minimum atomic E-state index is -3.09. The van der Waals surface area contributed by atoms with E-state index in [0.717, 1.165) is 5.56 Å². The lowest BCUT2D eigenvalue weighted by Gasteiger charge is -2.07. The van der Waals surface area contributed by atoms with E-state index in [1.54, 1.807) is 30.3 Å². The van der Waals surface area contributed by atoms with E-state index in [1.165, 1.54) is 6.26 Å². The van der Waals surface area contributed by atoms with Crippen molar-refractivity contribution in [2.24, 2.45) is 0 Å². The number of esters is 1. The van der Waals surface area contributed by atoms with Crippen molar-refractivity contribution in [3.63, 3.8) is 0 Å². The second-order valence-corrected chi connectivity index (χ2v) is 8.08. The molecule has 0 saturated carbocycles. The molecular weight excluding hydrogens is 368 g/mol. The molecular formula is C16H15BrO4S. The van der Waals surface area contributed by atoms with E-state index in [4.69, 9.17) is 4.74 Å². The van der Waals surface area contributed by atoms with Crippen LogP contribution in [0.2, 0.25) is 0 Å². The number of hydrogen-bond acceptors (Lipinski definition) is 4. The maximum atomic E-state index is 12.1. The molecule has 0 saturated heterocycles. The lowest BCUT2D eigenvalue weighted by atomic mass is 10.1. The summed E-state index contributed by atoms with van der Waals surface area (Å²) < 4.78 is 28.5. The zero-order valence-electron chi connectivity index (χ0n) is 12.2. The monoisotopic (exact) mass is 382 g/mol. The Labute approximate surface area is 138 Å². The Kier molecular flexibility index (Phi) is 5.03. The van der Waals surface area contributed by atoms with E-state index in [0.29, 0.717) is 21.3 Å². The van der Waals surface area contributed by atoms with E-state index < -0.39 is 15.8 Å². The van der Waals surface area contributed by atoms with Gasteiger partial charge in [-0.2, -0.15) is 0 Å². The number of ether oxygens (including phenoxy) is 1. The molecule has 0 radical (unpaired) electrons. The fourth-order valence-electron chi connectivity index (χ4n) is 1.89. The Balaban J connectivity index is 2.13. The molecule has 0 unspecified atom stereocenters. The number of carbonyl (C=O) groups is 1. The average molecular weight is 383 g/mol. The van der Waals surface area contributed by atoms with Crippen LogP contribution >= 0.6 is 15.9 Å². The third-order valence-electron chi connectivity index (χ3n) is 2.91. The third-order valence-corrected chi connectivity index (χ3v) is 4.39. The summed E-state index contributed by atoms with van der Waals surface area (Å²) in [4.78, 5) is 12.1. The molecule has 2 aromatic carbocycles. The topological polar surface area (TPSA) is 60.4 Å². The summed E-state index contributed by atoms with van der Waals surface area (Å²) in [6.45, 7) is 1.94. The number of sulfone groups is 1. The van der Waals surface area contributed by atoms with Crippen LogP contribution in [0.5, 0.6) is 5.75 Å². The smallest absolute Gasteiger partial charge is 0.343 e. The van der Waals surface area contributed by atoms with Crippen LogP contribution in [0.15, 0.2) is 46.9 Å². The predicted molar refractivity (Wildman–Crippen MR) is 88.8 cm³/mol. The molecule has 116 valence electrons. The quantitative estimate of drug-likeness (QED) is 0.599. The zero-order valence-corrected chi connectivity index (χ0v) is 14.6. The number of benzene rings is 2. The summed E-state index contributed by atoms with van der Waals surface area (Å²) in [5.74, 6) is -0.0995. The van der Waals surface area contributed by atoms with Crippen molar-refractivity contribution in [3.8, 4) is 5.75 Å². The Morgan fingerprint density at radius 2 is 1.77 bits per heavy atom. The van der Waals surface area contributed by atoms with Crippen LogP contribution in [-0.4, -0.2) is 20.6 Å². The van der Waals surface area contributed by atoms with Crippen LogP contribution < -0.4 is 4.74 Å². The Morgan fingerprint density at radius 3 is 2.32 bits per heavy atom. The summed E-state index contributed by atoms with van der Waals surface area (Å²) in [5, 5.41) is 0. The summed E-state index contributed by atoms with van der Waals surface area (Å²) in [6.07, 6.45) is 1.17. The SMILES string of the molecule is Cc1ccc(OC(=O)c2ccc(CS(C)(=O)=O)cc2)c(Br)c1. The lowest BCUT2D eigenvalue weighted by Crippen LogP contribution is -2.09. The van der Waals surface area contributed by atoms with Crippen molar-refractivity contribution >= 4 is 31.7 Å². The third kappa shape index (κ3) is 4.68. The molecule has 0 amide bonds. The standard InChI is InChI=1S/C16H15BrO4S/c1-11-3-8-15(14(17)9-11)21-16(18)13-6-4-12(5-7-13)10-22(2,19)20/h3-9H,10H2,1-2H3. The molecule has 0 bridgehead atoms. The van der Waals surface area contributed by atoms with Crippen LogP contribution in [0, 0.1) is 6.92 Å². The molecule has 0 heterocycles. The largest absolute Gasteiger partial charge is 0.422 e. The Bertz CT molecular complexity index is 795. The predicted octanol–water partition coefficient (Wildman–Crippen LogP) is 3.52. The van der Waals surface area contributed by atoms with Crippen molar-refractivity contribution in [1.29, 1.82) is 0 Å². The molecule has 22 heavy (non-hydrogen) atoms. The maximum absolute atomic E-state index is 12.1. The Morgan fingerprint density at radius 1 is 1.14 bits per heavy atom. The first-order chi connectivity index (χ1) is 10.2. The van der Waals surface area contributed by atoms with Crippen LogP contribution in [0.3, 0.4) is 0 Å². The van der Waals surface area contributed by atoms with E-state index in [2.05, 4.69) is 15.9 Å². The van der Waals surface area contributed by atoms with Crippen molar-refractivity contribution < 1.29 is 17.9 Å². The Hall–Kier alpha value is -1.66. The van der Waals surface area contributed by atoms with Crippen molar-refractivity contribution in [3.05, 3.63) is 63.6 Å². The number of aryl methyl sites for hydroxylation is 1. The first kappa shape index (κ1) is 16.7. The highest BCUT2D eigenvalue weighted by atomic mass is 79.9. The second-order valence-electron chi connectivity index (χ2n) is 5.09. The number of carbonyl (C=O) groups excluding carboxylic acids is 1. The van der Waals surface area contributed by atoms with Gasteiger partial charge in [0, 0.05) is 6.26 Å². The van der Waals surface area contributed by atoms with Crippen molar-refractivity contribution in [2.75, 3.05) is 6.26 Å². The van der Waals surface area contributed by atoms with Gasteiger partial charge in [-0.25, -0.2) is 13.2 Å². The van der Waals surface area contributed by atoms with Gasteiger partial charge in [0.05, 0.1) is 15.8 Å². The number of hydrogen-bond donors (Lipinski definition) is 0. The van der Waals surface area contributed by atoms with E-state index in [-0.39, 0.29) is 5.75 Å². The molecule has 0 aromatic heterocycles. The van der Waals surface area contributed by atoms with Gasteiger partial charge in [-0.3, -0.25) is 0 Å². The molecule has 2 rings (SSSR count). The highest BCUT2D eigenvalue weighted by molar-refractivity contribution is 9.10. The molecule has 0 spiro atoms. The van der Waals surface area contributed by atoms with Crippen LogP contribution in [0.4, 0.5) is 0 Å². The second kappa shape index (κ2) is 6.62. The van der Waals surface area contributed by atoms with Gasteiger partial charge in [-0.05, 0) is 58.2 Å².